The van der Waals surface area contributed by atoms with Crippen molar-refractivity contribution in [1.82, 2.24) is 0 Å². The van der Waals surface area contributed by atoms with Crippen LogP contribution in [0.5, 0.6) is 0 Å². The number of alkyl halides is 3. The molecule has 1 aliphatic rings. The van der Waals surface area contributed by atoms with Crippen LogP contribution in [0.3, 0.4) is 0 Å². The van der Waals surface area contributed by atoms with Gasteiger partial charge in [-0.25, -0.2) is 4.79 Å². The fourth-order valence-corrected chi connectivity index (χ4v) is 2.31. The number of carbonyl (C=O) groups is 1. The lowest BCUT2D eigenvalue weighted by Crippen LogP contribution is -2.48. The van der Waals surface area contributed by atoms with Crippen molar-refractivity contribution in [1.29, 1.82) is 0 Å². The molecule has 0 radical (unpaired) electrons. The largest absolute Gasteiger partial charge is 0.478 e. The number of hydrogen-bond donors (Lipinski definition) is 1. The van der Waals surface area contributed by atoms with E-state index in [-0.39, 0.29) is 5.69 Å². The maximum atomic E-state index is 13.0. The quantitative estimate of drug-likeness (QED) is 0.864. The van der Waals surface area contributed by atoms with E-state index >= 15 is 0 Å². The van der Waals surface area contributed by atoms with Gasteiger partial charge in [-0.3, -0.25) is 0 Å². The first kappa shape index (κ1) is 13.7. The van der Waals surface area contributed by atoms with Gasteiger partial charge in [0.25, 0.3) is 0 Å². The Bertz CT molecular complexity index is 569. The van der Waals surface area contributed by atoms with Crippen LogP contribution in [0.4, 0.5) is 18.9 Å². The van der Waals surface area contributed by atoms with E-state index < -0.39 is 23.8 Å². The third-order valence-electron chi connectivity index (χ3n) is 2.92. The molecule has 1 aliphatic heterocycles. The number of carboxylic acids is 1. The molecule has 1 aromatic carbocycles. The molecule has 0 saturated carbocycles. The second-order valence-electron chi connectivity index (χ2n) is 4.16. The van der Waals surface area contributed by atoms with E-state index in [4.69, 9.17) is 16.7 Å². The summed E-state index contributed by atoms with van der Waals surface area (Å²) in [6.45, 7) is 0. The van der Waals surface area contributed by atoms with E-state index in [1.807, 2.05) is 0 Å². The zero-order valence-corrected chi connectivity index (χ0v) is 10.5. The molecule has 0 unspecified atom stereocenters. The van der Waals surface area contributed by atoms with Crippen LogP contribution in [-0.4, -0.2) is 30.3 Å². The standard InChI is InChI=1S/C12H9ClF3NO2/c1-17-9-3-2-7(13)4-6(9)5-8(11(18)19)10(17)12(14,15)16/h2-5,10H,1H3,(H,18,19)/t10-/m0/s1. The van der Waals surface area contributed by atoms with Crippen LogP contribution in [0.2, 0.25) is 5.02 Å². The predicted molar refractivity (Wildman–Crippen MR) is 65.3 cm³/mol. The molecule has 2 rings (SSSR count). The predicted octanol–water partition coefficient (Wildman–Crippen LogP) is 3.19. The van der Waals surface area contributed by atoms with E-state index in [1.165, 1.54) is 25.2 Å². The molecule has 0 saturated heterocycles. The van der Waals surface area contributed by atoms with Gasteiger partial charge < -0.3 is 10.0 Å². The molecule has 102 valence electrons. The molecule has 0 bridgehead atoms. The van der Waals surface area contributed by atoms with Crippen LogP contribution in [0.15, 0.2) is 23.8 Å². The highest BCUT2D eigenvalue weighted by Gasteiger charge is 2.49. The van der Waals surface area contributed by atoms with E-state index in [2.05, 4.69) is 0 Å². The van der Waals surface area contributed by atoms with E-state index in [1.54, 1.807) is 0 Å². The fraction of sp³-hybridized carbons (Fsp3) is 0.250. The van der Waals surface area contributed by atoms with Gasteiger partial charge in [-0.1, -0.05) is 11.6 Å². The number of fused-ring (bicyclic) bond motifs is 1. The Kier molecular flexibility index (Phi) is 3.22. The van der Waals surface area contributed by atoms with E-state index in [9.17, 15) is 18.0 Å². The number of benzene rings is 1. The molecule has 3 nitrogen and oxygen atoms in total. The topological polar surface area (TPSA) is 40.5 Å². The van der Waals surface area contributed by atoms with Gasteiger partial charge in [0, 0.05) is 17.8 Å². The Morgan fingerprint density at radius 1 is 1.42 bits per heavy atom. The molecule has 0 aliphatic carbocycles. The first-order valence-corrected chi connectivity index (χ1v) is 5.63. The molecule has 0 amide bonds. The number of aliphatic carboxylic acids is 1. The van der Waals surface area contributed by atoms with Gasteiger partial charge >= 0.3 is 12.1 Å². The number of anilines is 1. The summed E-state index contributed by atoms with van der Waals surface area (Å²) in [5.74, 6) is -1.60. The molecule has 1 atom stereocenters. The lowest BCUT2D eigenvalue weighted by Gasteiger charge is -2.36. The summed E-state index contributed by atoms with van der Waals surface area (Å²) in [5.41, 5.74) is -0.0746. The summed E-state index contributed by atoms with van der Waals surface area (Å²) in [5, 5.41) is 9.29. The number of rotatable bonds is 1. The van der Waals surface area contributed by atoms with Crippen molar-refractivity contribution in [2.24, 2.45) is 0 Å². The number of nitrogens with zero attached hydrogens (tertiary/aromatic N) is 1. The summed E-state index contributed by atoms with van der Waals surface area (Å²) in [7, 11) is 1.21. The normalized spacial score (nSPS) is 18.9. The second-order valence-corrected chi connectivity index (χ2v) is 4.60. The number of halogens is 4. The minimum absolute atomic E-state index is 0.289. The lowest BCUT2D eigenvalue weighted by atomic mass is 9.95. The van der Waals surface area contributed by atoms with Crippen molar-refractivity contribution < 1.29 is 23.1 Å². The number of hydrogen-bond acceptors (Lipinski definition) is 2. The Labute approximate surface area is 111 Å². The molecule has 1 N–H and O–H groups in total. The van der Waals surface area contributed by atoms with Gasteiger partial charge in [0.05, 0.1) is 5.57 Å². The van der Waals surface area contributed by atoms with Crippen molar-refractivity contribution in [3.05, 3.63) is 34.4 Å². The van der Waals surface area contributed by atoms with Gasteiger partial charge in [0.1, 0.15) is 0 Å². The molecular weight excluding hydrogens is 283 g/mol. The molecule has 19 heavy (non-hydrogen) atoms. The molecule has 0 fully saturated rings. The minimum Gasteiger partial charge on any atom is -0.478 e. The third kappa shape index (κ3) is 2.40. The summed E-state index contributed by atoms with van der Waals surface area (Å²) >= 11 is 5.76. The molecular formula is C12H9ClF3NO2. The number of likely N-dealkylation sites (N-methyl/N-ethyl adjacent to an activating group) is 1. The molecule has 0 spiro atoms. The lowest BCUT2D eigenvalue weighted by molar-refractivity contribution is -0.150. The summed E-state index contributed by atoms with van der Waals surface area (Å²) in [6.07, 6.45) is -3.65. The van der Waals surface area contributed by atoms with Gasteiger partial charge in [-0.15, -0.1) is 0 Å². The smallest absolute Gasteiger partial charge is 0.413 e. The monoisotopic (exact) mass is 291 g/mol. The molecule has 1 heterocycles. The van der Waals surface area contributed by atoms with Gasteiger partial charge in [-0.2, -0.15) is 13.2 Å². The Morgan fingerprint density at radius 3 is 2.58 bits per heavy atom. The minimum atomic E-state index is -4.67. The van der Waals surface area contributed by atoms with Crippen molar-refractivity contribution in [2.75, 3.05) is 11.9 Å². The van der Waals surface area contributed by atoms with Crippen LogP contribution in [0, 0.1) is 0 Å². The van der Waals surface area contributed by atoms with Crippen LogP contribution < -0.4 is 4.90 Å². The first-order valence-electron chi connectivity index (χ1n) is 5.26. The third-order valence-corrected chi connectivity index (χ3v) is 3.15. The van der Waals surface area contributed by atoms with Gasteiger partial charge in [0.2, 0.25) is 0 Å². The summed E-state index contributed by atoms with van der Waals surface area (Å²) < 4.78 is 39.0. The maximum absolute atomic E-state index is 13.0. The van der Waals surface area contributed by atoms with Crippen molar-refractivity contribution in [3.8, 4) is 0 Å². The van der Waals surface area contributed by atoms with Crippen LogP contribution in [0.25, 0.3) is 6.08 Å². The highest BCUT2D eigenvalue weighted by atomic mass is 35.5. The highest BCUT2D eigenvalue weighted by molar-refractivity contribution is 6.30. The zero-order valence-electron chi connectivity index (χ0n) is 9.70. The molecule has 7 heteroatoms. The van der Waals surface area contributed by atoms with E-state index in [0.717, 1.165) is 11.0 Å². The van der Waals surface area contributed by atoms with Crippen molar-refractivity contribution in [3.63, 3.8) is 0 Å². The average Bonchev–Trinajstić information content (AvgIpc) is 2.25. The van der Waals surface area contributed by atoms with Gasteiger partial charge in [0.15, 0.2) is 6.04 Å². The summed E-state index contributed by atoms with van der Waals surface area (Å²) in [4.78, 5) is 11.9. The van der Waals surface area contributed by atoms with Crippen molar-refractivity contribution >= 4 is 29.3 Å². The molecule has 0 aromatic heterocycles. The Balaban J connectivity index is 2.64. The maximum Gasteiger partial charge on any atom is 0.413 e. The average molecular weight is 292 g/mol. The van der Waals surface area contributed by atoms with E-state index in [0.29, 0.717) is 10.6 Å². The highest BCUT2D eigenvalue weighted by Crippen LogP contribution is 2.39. The molecule has 1 aromatic rings. The van der Waals surface area contributed by atoms with Crippen LogP contribution in [-0.2, 0) is 4.79 Å². The zero-order chi connectivity index (χ0) is 14.4. The Morgan fingerprint density at radius 2 is 2.05 bits per heavy atom. The second kappa shape index (κ2) is 4.45. The van der Waals surface area contributed by atoms with Gasteiger partial charge in [-0.05, 0) is 29.8 Å². The first-order chi connectivity index (χ1) is 8.71. The summed E-state index contributed by atoms with van der Waals surface area (Å²) in [6, 6.07) is 2.16. The Hall–Kier alpha value is -1.69. The van der Waals surface area contributed by atoms with Crippen LogP contribution >= 0.6 is 11.6 Å². The fourth-order valence-electron chi connectivity index (χ4n) is 2.13. The number of carboxylic acid groups (broad SMARTS) is 1. The van der Waals surface area contributed by atoms with Crippen molar-refractivity contribution in [2.45, 2.75) is 12.2 Å². The SMILES string of the molecule is CN1c2ccc(Cl)cc2C=C(C(=O)O)[C@H]1C(F)(F)F. The van der Waals surface area contributed by atoms with Crippen LogP contribution in [0.1, 0.15) is 5.56 Å².